The number of ketones is 1. The van der Waals surface area contributed by atoms with Gasteiger partial charge in [-0.1, -0.05) is 12.1 Å². The molecule has 1 aromatic heterocycles. The largest absolute Gasteiger partial charge is 0.483 e. The van der Waals surface area contributed by atoms with Crippen LogP contribution in [-0.4, -0.2) is 15.9 Å². The molecule has 0 amide bonds. The summed E-state index contributed by atoms with van der Waals surface area (Å²) in [6.45, 7) is 3.42. The van der Waals surface area contributed by atoms with Crippen LogP contribution in [0.3, 0.4) is 0 Å². The molecule has 1 aromatic carbocycles. The molecule has 0 fully saturated rings. The molecule has 0 saturated carbocycles. The van der Waals surface area contributed by atoms with Crippen molar-refractivity contribution in [1.82, 2.24) is 10.1 Å². The highest BCUT2D eigenvalue weighted by Gasteiger charge is 2.12. The maximum absolute atomic E-state index is 13.1. The van der Waals surface area contributed by atoms with Gasteiger partial charge in [-0.3, -0.25) is 4.79 Å². The van der Waals surface area contributed by atoms with E-state index in [-0.39, 0.29) is 18.0 Å². The monoisotopic (exact) mass is 278 g/mol. The normalized spacial score (nSPS) is 10.6. The van der Waals surface area contributed by atoms with Crippen LogP contribution in [0.25, 0.3) is 0 Å². The summed E-state index contributed by atoms with van der Waals surface area (Å²) in [5, 5.41) is 3.80. The van der Waals surface area contributed by atoms with Gasteiger partial charge in [-0.05, 0) is 31.5 Å². The van der Waals surface area contributed by atoms with Gasteiger partial charge in [-0.25, -0.2) is 4.39 Å². The predicted molar refractivity (Wildman–Crippen MR) is 69.0 cm³/mol. The Hall–Kier alpha value is -2.24. The van der Waals surface area contributed by atoms with Crippen LogP contribution in [0.1, 0.15) is 42.3 Å². The molecule has 6 heteroatoms. The molecule has 0 aliphatic heterocycles. The molecular formula is C14H15FN2O3. The molecule has 2 aromatic rings. The van der Waals surface area contributed by atoms with Crippen LogP contribution in [0.4, 0.5) is 4.39 Å². The first-order valence-electron chi connectivity index (χ1n) is 6.35. The lowest BCUT2D eigenvalue weighted by Gasteiger charge is -2.07. The molecule has 1 heterocycles. The Morgan fingerprint density at radius 1 is 1.45 bits per heavy atom. The lowest BCUT2D eigenvalue weighted by molar-refractivity contribution is 0.101. The van der Waals surface area contributed by atoms with Crippen LogP contribution < -0.4 is 4.74 Å². The smallest absolute Gasteiger partial charge is 0.264 e. The Labute approximate surface area is 115 Å². The van der Waals surface area contributed by atoms with Gasteiger partial charge in [-0.15, -0.1) is 0 Å². The molecule has 0 saturated heterocycles. The average molecular weight is 278 g/mol. The van der Waals surface area contributed by atoms with Gasteiger partial charge in [0, 0.05) is 6.42 Å². The maximum atomic E-state index is 13.1. The second-order valence-corrected chi connectivity index (χ2v) is 4.34. The van der Waals surface area contributed by atoms with E-state index in [1.165, 1.54) is 19.1 Å². The average Bonchev–Trinajstić information content (AvgIpc) is 2.85. The number of carbonyl (C=O) groups excluding carboxylic acids is 1. The molecule has 0 unspecified atom stereocenters. The third-order valence-electron chi connectivity index (χ3n) is 2.66. The second kappa shape index (κ2) is 6.27. The number of hydrogen-bond acceptors (Lipinski definition) is 5. The van der Waals surface area contributed by atoms with Crippen molar-refractivity contribution in [1.29, 1.82) is 0 Å². The Bertz CT molecular complexity index is 610. The minimum atomic E-state index is -0.481. The van der Waals surface area contributed by atoms with Gasteiger partial charge >= 0.3 is 0 Å². The van der Waals surface area contributed by atoms with Gasteiger partial charge in [0.05, 0.1) is 5.56 Å². The quantitative estimate of drug-likeness (QED) is 0.760. The topological polar surface area (TPSA) is 65.2 Å². The first-order chi connectivity index (χ1) is 9.60. The minimum Gasteiger partial charge on any atom is -0.483 e. The van der Waals surface area contributed by atoms with Crippen LogP contribution in [0.2, 0.25) is 0 Å². The predicted octanol–water partition coefficient (Wildman–Crippen LogP) is 2.94. The summed E-state index contributed by atoms with van der Waals surface area (Å²) in [6, 6.07) is 3.79. The van der Waals surface area contributed by atoms with Gasteiger partial charge in [0.25, 0.3) is 5.89 Å². The number of aryl methyl sites for hydroxylation is 1. The van der Waals surface area contributed by atoms with E-state index in [9.17, 15) is 9.18 Å². The van der Waals surface area contributed by atoms with E-state index in [0.29, 0.717) is 17.5 Å². The number of ether oxygens (including phenoxy) is 1. The number of Topliss-reactive ketones (excluding diaryl/α,β-unsaturated/α-hetero) is 1. The summed E-state index contributed by atoms with van der Waals surface area (Å²) in [6.07, 6.45) is 1.66. The van der Waals surface area contributed by atoms with Crippen LogP contribution in [-0.2, 0) is 13.0 Å². The van der Waals surface area contributed by atoms with Crippen molar-refractivity contribution in [3.63, 3.8) is 0 Å². The van der Waals surface area contributed by atoms with E-state index < -0.39 is 5.82 Å². The third kappa shape index (κ3) is 3.40. The summed E-state index contributed by atoms with van der Waals surface area (Å²) in [5.74, 6) is 0.501. The fraction of sp³-hybridized carbons (Fsp3) is 0.357. The first-order valence-corrected chi connectivity index (χ1v) is 6.35. The van der Waals surface area contributed by atoms with E-state index in [4.69, 9.17) is 9.26 Å². The number of halogens is 1. The number of aromatic nitrogens is 2. The van der Waals surface area contributed by atoms with Gasteiger partial charge < -0.3 is 9.26 Å². The maximum Gasteiger partial charge on any atom is 0.264 e. The van der Waals surface area contributed by atoms with E-state index in [1.54, 1.807) is 0 Å². The third-order valence-corrected chi connectivity index (χ3v) is 2.66. The molecule has 106 valence electrons. The lowest BCUT2D eigenvalue weighted by Crippen LogP contribution is -2.02. The van der Waals surface area contributed by atoms with Crippen LogP contribution in [0, 0.1) is 5.82 Å². The van der Waals surface area contributed by atoms with E-state index in [2.05, 4.69) is 10.1 Å². The minimum absolute atomic E-state index is 0.0443. The number of benzene rings is 1. The van der Waals surface area contributed by atoms with Crippen molar-refractivity contribution >= 4 is 5.78 Å². The van der Waals surface area contributed by atoms with Crippen molar-refractivity contribution in [2.45, 2.75) is 33.3 Å². The van der Waals surface area contributed by atoms with Gasteiger partial charge in [-0.2, -0.15) is 4.98 Å². The van der Waals surface area contributed by atoms with Crippen LogP contribution in [0.15, 0.2) is 22.7 Å². The summed E-state index contributed by atoms with van der Waals surface area (Å²) < 4.78 is 23.6. The molecule has 0 bridgehead atoms. The highest BCUT2D eigenvalue weighted by Crippen LogP contribution is 2.21. The zero-order valence-corrected chi connectivity index (χ0v) is 11.4. The number of carbonyl (C=O) groups is 1. The highest BCUT2D eigenvalue weighted by atomic mass is 19.1. The Balaban J connectivity index is 2.08. The molecular weight excluding hydrogens is 263 g/mol. The van der Waals surface area contributed by atoms with Crippen molar-refractivity contribution in [2.75, 3.05) is 0 Å². The van der Waals surface area contributed by atoms with E-state index >= 15 is 0 Å². The van der Waals surface area contributed by atoms with Crippen molar-refractivity contribution in [2.24, 2.45) is 0 Å². The first kappa shape index (κ1) is 14.2. The summed E-state index contributed by atoms with van der Waals surface area (Å²) in [4.78, 5) is 15.6. The van der Waals surface area contributed by atoms with Crippen molar-refractivity contribution in [3.05, 3.63) is 41.3 Å². The molecule has 0 aliphatic carbocycles. The molecule has 0 atom stereocenters. The summed E-state index contributed by atoms with van der Waals surface area (Å²) in [5.41, 5.74) is 0.193. The van der Waals surface area contributed by atoms with Crippen molar-refractivity contribution < 1.29 is 18.4 Å². The Morgan fingerprint density at radius 2 is 2.25 bits per heavy atom. The fourth-order valence-corrected chi connectivity index (χ4v) is 1.72. The summed E-state index contributed by atoms with van der Waals surface area (Å²) >= 11 is 0. The van der Waals surface area contributed by atoms with Gasteiger partial charge in [0.1, 0.15) is 11.6 Å². The molecule has 0 aliphatic rings. The molecule has 2 rings (SSSR count). The molecule has 20 heavy (non-hydrogen) atoms. The Morgan fingerprint density at radius 3 is 2.95 bits per heavy atom. The zero-order valence-electron chi connectivity index (χ0n) is 11.4. The zero-order chi connectivity index (χ0) is 14.5. The van der Waals surface area contributed by atoms with Gasteiger partial charge in [0.2, 0.25) is 0 Å². The molecule has 0 spiro atoms. The number of hydrogen-bond donors (Lipinski definition) is 0. The van der Waals surface area contributed by atoms with Crippen LogP contribution >= 0.6 is 0 Å². The van der Waals surface area contributed by atoms with Crippen molar-refractivity contribution in [3.8, 4) is 5.75 Å². The van der Waals surface area contributed by atoms with Crippen LogP contribution in [0.5, 0.6) is 5.75 Å². The second-order valence-electron chi connectivity index (χ2n) is 4.34. The molecule has 0 N–H and O–H groups in total. The highest BCUT2D eigenvalue weighted by molar-refractivity contribution is 5.96. The SMILES string of the molecule is CCCc1noc(COc2ccc(F)cc2C(C)=O)n1. The fourth-order valence-electron chi connectivity index (χ4n) is 1.72. The number of nitrogens with zero attached hydrogens (tertiary/aromatic N) is 2. The van der Waals surface area contributed by atoms with E-state index in [1.807, 2.05) is 6.92 Å². The lowest BCUT2D eigenvalue weighted by atomic mass is 10.1. The summed E-state index contributed by atoms with van der Waals surface area (Å²) in [7, 11) is 0. The Kier molecular flexibility index (Phi) is 4.45. The standard InChI is InChI=1S/C14H15FN2O3/c1-3-4-13-16-14(20-17-13)8-19-12-6-5-10(15)7-11(12)9(2)18/h5-7H,3-4,8H2,1-2H3. The molecule has 0 radical (unpaired) electrons. The van der Waals surface area contributed by atoms with Gasteiger partial charge in [0.15, 0.2) is 18.2 Å². The van der Waals surface area contributed by atoms with E-state index in [0.717, 1.165) is 18.9 Å². The molecule has 5 nitrogen and oxygen atoms in total. The number of rotatable bonds is 6.